The van der Waals surface area contributed by atoms with E-state index in [-0.39, 0.29) is 5.54 Å². The summed E-state index contributed by atoms with van der Waals surface area (Å²) in [5, 5.41) is 13.6. The molecule has 0 aromatic heterocycles. The lowest BCUT2D eigenvalue weighted by atomic mass is 9.84. The van der Waals surface area contributed by atoms with Gasteiger partial charge < -0.3 is 10.4 Å². The van der Waals surface area contributed by atoms with E-state index in [1.54, 1.807) is 0 Å². The third kappa shape index (κ3) is 4.10. The van der Waals surface area contributed by atoms with Crippen molar-refractivity contribution in [3.05, 3.63) is 0 Å². The molecule has 2 heteroatoms. The number of nitrogens with one attached hydrogen (secondary N) is 1. The summed E-state index contributed by atoms with van der Waals surface area (Å²) in [5.74, 6) is 0. The summed E-state index contributed by atoms with van der Waals surface area (Å²) in [4.78, 5) is 0. The van der Waals surface area contributed by atoms with Gasteiger partial charge in [0.25, 0.3) is 0 Å². The van der Waals surface area contributed by atoms with Crippen LogP contribution < -0.4 is 5.32 Å². The minimum absolute atomic E-state index is 0.118. The van der Waals surface area contributed by atoms with Gasteiger partial charge in [-0.25, -0.2) is 0 Å². The molecular formula is C11H23NO. The molecule has 1 aliphatic carbocycles. The van der Waals surface area contributed by atoms with Crippen LogP contribution >= 0.6 is 0 Å². The van der Waals surface area contributed by atoms with Crippen LogP contribution in [-0.2, 0) is 0 Å². The molecule has 0 atom stereocenters. The monoisotopic (exact) mass is 185 g/mol. The number of rotatable bonds is 2. The van der Waals surface area contributed by atoms with Crippen molar-refractivity contribution in [3.8, 4) is 0 Å². The van der Waals surface area contributed by atoms with E-state index < -0.39 is 5.60 Å². The third-order valence-corrected chi connectivity index (χ3v) is 2.73. The number of aliphatic hydroxyl groups is 1. The molecule has 0 heterocycles. The standard InChI is InChI=1S/C11H23NO/c1-10(2,3)12-9-11(13)7-5-4-6-8-11/h12-13H,4-9H2,1-3H3. The van der Waals surface area contributed by atoms with E-state index in [0.29, 0.717) is 0 Å². The van der Waals surface area contributed by atoms with Crippen molar-refractivity contribution in [2.75, 3.05) is 6.54 Å². The van der Waals surface area contributed by atoms with Gasteiger partial charge in [0.1, 0.15) is 0 Å². The molecule has 1 rings (SSSR count). The lowest BCUT2D eigenvalue weighted by Crippen LogP contribution is -2.48. The highest BCUT2D eigenvalue weighted by molar-refractivity contribution is 4.86. The highest BCUT2D eigenvalue weighted by atomic mass is 16.3. The maximum absolute atomic E-state index is 10.2. The molecule has 0 radical (unpaired) electrons. The smallest absolute Gasteiger partial charge is 0.0771 e. The zero-order valence-electron chi connectivity index (χ0n) is 9.19. The maximum atomic E-state index is 10.2. The van der Waals surface area contributed by atoms with Crippen molar-refractivity contribution in [2.24, 2.45) is 0 Å². The summed E-state index contributed by atoms with van der Waals surface area (Å²) in [6.45, 7) is 7.16. The second kappa shape index (κ2) is 3.97. The highest BCUT2D eigenvalue weighted by Crippen LogP contribution is 2.27. The third-order valence-electron chi connectivity index (χ3n) is 2.73. The van der Waals surface area contributed by atoms with Crippen LogP contribution in [0.4, 0.5) is 0 Å². The maximum Gasteiger partial charge on any atom is 0.0771 e. The van der Waals surface area contributed by atoms with Gasteiger partial charge in [-0.15, -0.1) is 0 Å². The molecule has 1 fully saturated rings. The Bertz CT molecular complexity index is 154. The van der Waals surface area contributed by atoms with Crippen molar-refractivity contribution in [3.63, 3.8) is 0 Å². The van der Waals surface area contributed by atoms with E-state index in [1.165, 1.54) is 19.3 Å². The number of β-amino-alcohol motifs (C(OH)–C–C–N with tert-alkyl or cyclic N) is 1. The Kier molecular flexibility index (Phi) is 3.36. The highest BCUT2D eigenvalue weighted by Gasteiger charge is 2.29. The van der Waals surface area contributed by atoms with E-state index in [4.69, 9.17) is 0 Å². The largest absolute Gasteiger partial charge is 0.389 e. The fourth-order valence-corrected chi connectivity index (χ4v) is 1.82. The summed E-state index contributed by atoms with van der Waals surface area (Å²) >= 11 is 0. The molecule has 0 unspecified atom stereocenters. The summed E-state index contributed by atoms with van der Waals surface area (Å²) < 4.78 is 0. The van der Waals surface area contributed by atoms with Gasteiger partial charge in [-0.1, -0.05) is 19.3 Å². The molecule has 0 amide bonds. The Hall–Kier alpha value is -0.0800. The Labute approximate surface area is 81.7 Å². The Balaban J connectivity index is 2.33. The first-order chi connectivity index (χ1) is 5.91. The molecule has 2 N–H and O–H groups in total. The van der Waals surface area contributed by atoms with Crippen LogP contribution in [0.25, 0.3) is 0 Å². The van der Waals surface area contributed by atoms with Crippen LogP contribution in [0.1, 0.15) is 52.9 Å². The summed E-state index contributed by atoms with van der Waals surface area (Å²) in [5.41, 5.74) is -0.307. The van der Waals surface area contributed by atoms with E-state index in [9.17, 15) is 5.11 Å². The molecule has 1 saturated carbocycles. The van der Waals surface area contributed by atoms with Crippen molar-refractivity contribution < 1.29 is 5.11 Å². The first kappa shape index (κ1) is 11.0. The zero-order valence-corrected chi connectivity index (χ0v) is 9.19. The molecule has 78 valence electrons. The van der Waals surface area contributed by atoms with Crippen molar-refractivity contribution in [1.29, 1.82) is 0 Å². The molecule has 0 saturated heterocycles. The molecule has 13 heavy (non-hydrogen) atoms. The van der Waals surface area contributed by atoms with Crippen LogP contribution in [0.5, 0.6) is 0 Å². The summed E-state index contributed by atoms with van der Waals surface area (Å²) in [6, 6.07) is 0. The van der Waals surface area contributed by atoms with Crippen LogP contribution in [0.2, 0.25) is 0 Å². The number of hydrogen-bond acceptors (Lipinski definition) is 2. The van der Waals surface area contributed by atoms with Crippen molar-refractivity contribution in [1.82, 2.24) is 5.32 Å². The second-order valence-electron chi connectivity index (χ2n) is 5.39. The topological polar surface area (TPSA) is 32.3 Å². The Morgan fingerprint density at radius 2 is 1.69 bits per heavy atom. The normalized spacial score (nSPS) is 23.1. The lowest BCUT2D eigenvalue weighted by Gasteiger charge is -2.35. The van der Waals surface area contributed by atoms with E-state index in [2.05, 4.69) is 26.1 Å². The van der Waals surface area contributed by atoms with Crippen LogP contribution in [-0.4, -0.2) is 22.8 Å². The van der Waals surface area contributed by atoms with Gasteiger partial charge in [0.15, 0.2) is 0 Å². The molecule has 0 aromatic rings. The van der Waals surface area contributed by atoms with E-state index >= 15 is 0 Å². The fraction of sp³-hybridized carbons (Fsp3) is 1.00. The van der Waals surface area contributed by atoms with Crippen molar-refractivity contribution in [2.45, 2.75) is 64.0 Å². The Morgan fingerprint density at radius 1 is 1.15 bits per heavy atom. The quantitative estimate of drug-likeness (QED) is 0.690. The minimum atomic E-state index is -0.425. The van der Waals surface area contributed by atoms with Crippen LogP contribution in [0, 0.1) is 0 Å². The van der Waals surface area contributed by atoms with E-state index in [0.717, 1.165) is 19.4 Å². The fourth-order valence-electron chi connectivity index (χ4n) is 1.82. The first-order valence-corrected chi connectivity index (χ1v) is 5.39. The van der Waals surface area contributed by atoms with Crippen LogP contribution in [0.15, 0.2) is 0 Å². The molecule has 0 aliphatic heterocycles. The zero-order chi connectivity index (χ0) is 9.95. The molecule has 1 aliphatic rings. The number of hydrogen-bond donors (Lipinski definition) is 2. The van der Waals surface area contributed by atoms with Gasteiger partial charge >= 0.3 is 0 Å². The predicted octanol–water partition coefficient (Wildman–Crippen LogP) is 2.07. The molecule has 0 spiro atoms. The van der Waals surface area contributed by atoms with Gasteiger partial charge in [0.05, 0.1) is 5.60 Å². The lowest BCUT2D eigenvalue weighted by molar-refractivity contribution is 0.000106. The minimum Gasteiger partial charge on any atom is -0.389 e. The van der Waals surface area contributed by atoms with Gasteiger partial charge in [-0.3, -0.25) is 0 Å². The van der Waals surface area contributed by atoms with E-state index in [1.807, 2.05) is 0 Å². The predicted molar refractivity (Wildman–Crippen MR) is 55.8 cm³/mol. The molecule has 0 aromatic carbocycles. The average molecular weight is 185 g/mol. The van der Waals surface area contributed by atoms with Gasteiger partial charge in [0, 0.05) is 12.1 Å². The SMILES string of the molecule is CC(C)(C)NCC1(O)CCCCC1. The Morgan fingerprint density at radius 3 is 2.15 bits per heavy atom. The van der Waals surface area contributed by atoms with Crippen molar-refractivity contribution >= 4 is 0 Å². The van der Waals surface area contributed by atoms with Crippen LogP contribution in [0.3, 0.4) is 0 Å². The second-order valence-corrected chi connectivity index (χ2v) is 5.39. The summed E-state index contributed by atoms with van der Waals surface area (Å²) in [6.07, 6.45) is 5.59. The van der Waals surface area contributed by atoms with Gasteiger partial charge in [0.2, 0.25) is 0 Å². The van der Waals surface area contributed by atoms with Gasteiger partial charge in [-0.2, -0.15) is 0 Å². The summed E-state index contributed by atoms with van der Waals surface area (Å²) in [7, 11) is 0. The molecule has 2 nitrogen and oxygen atoms in total. The average Bonchev–Trinajstić information content (AvgIpc) is 2.02. The molecular weight excluding hydrogens is 162 g/mol. The molecule has 0 bridgehead atoms. The van der Waals surface area contributed by atoms with Gasteiger partial charge in [-0.05, 0) is 33.6 Å². The first-order valence-electron chi connectivity index (χ1n) is 5.39.